The van der Waals surface area contributed by atoms with Crippen molar-refractivity contribution in [3.05, 3.63) is 89.6 Å². The molecule has 0 aliphatic carbocycles. The average Bonchev–Trinajstić information content (AvgIpc) is 3.36. The highest BCUT2D eigenvalue weighted by Crippen LogP contribution is 2.28. The second-order valence-corrected chi connectivity index (χ2v) is 11.0. The Balaban J connectivity index is 1.20. The van der Waals surface area contributed by atoms with Crippen molar-refractivity contribution in [2.75, 3.05) is 35.8 Å². The van der Waals surface area contributed by atoms with Crippen molar-refractivity contribution in [2.45, 2.75) is 4.90 Å². The van der Waals surface area contributed by atoms with Crippen molar-refractivity contribution in [1.82, 2.24) is 14.9 Å². The van der Waals surface area contributed by atoms with Crippen LogP contribution >= 0.6 is 11.6 Å². The summed E-state index contributed by atoms with van der Waals surface area (Å²) in [6.45, 7) is 1.88. The zero-order chi connectivity index (χ0) is 26.3. The third kappa shape index (κ3) is 4.52. The van der Waals surface area contributed by atoms with Crippen molar-refractivity contribution in [1.29, 1.82) is 0 Å². The Kier molecular flexibility index (Phi) is 6.13. The minimum atomic E-state index is -4.01. The van der Waals surface area contributed by atoms with Gasteiger partial charge in [0.05, 0.1) is 16.8 Å². The van der Waals surface area contributed by atoms with Crippen LogP contribution in [0.1, 0.15) is 10.4 Å². The number of piperazine rings is 1. The fraction of sp³-hybridized carbons (Fsp3) is 0.148. The number of anilines is 2. The minimum absolute atomic E-state index is 0.0473. The number of sulfonamides is 1. The summed E-state index contributed by atoms with van der Waals surface area (Å²) >= 11 is 6.05. The fourth-order valence-electron chi connectivity index (χ4n) is 4.54. The third-order valence-corrected chi connectivity index (χ3v) is 8.10. The number of fused-ring (bicyclic) bond motifs is 2. The largest absolute Gasteiger partial charge is 0.423 e. The van der Waals surface area contributed by atoms with E-state index in [1.54, 1.807) is 77.8 Å². The molecular weight excluding hydrogens is 526 g/mol. The highest BCUT2D eigenvalue weighted by atomic mass is 35.5. The van der Waals surface area contributed by atoms with Crippen LogP contribution in [0.25, 0.3) is 22.0 Å². The van der Waals surface area contributed by atoms with E-state index >= 15 is 0 Å². The van der Waals surface area contributed by atoms with Crippen molar-refractivity contribution < 1.29 is 17.6 Å². The molecule has 3 aromatic carbocycles. The van der Waals surface area contributed by atoms with E-state index in [-0.39, 0.29) is 22.1 Å². The van der Waals surface area contributed by atoms with Gasteiger partial charge in [0.1, 0.15) is 10.4 Å². The highest BCUT2D eigenvalue weighted by Gasteiger charge is 2.27. The standard InChI is InChI=1S/C27H22ClN5O4S/c28-19-10-11-22-23(17-19)37-27(30-22)33-15-13-32(14-16-33)26(34)20-7-1-2-8-21(20)31-38(35,36)24-9-3-5-18-6-4-12-29-25(18)24/h1-12,17,31H,13-16H2. The number of para-hydroxylation sites is 2. The Hall–Kier alpha value is -4.15. The lowest BCUT2D eigenvalue weighted by Crippen LogP contribution is -2.49. The Morgan fingerprint density at radius 2 is 1.74 bits per heavy atom. The van der Waals surface area contributed by atoms with E-state index in [0.29, 0.717) is 59.2 Å². The Labute approximate surface area is 223 Å². The van der Waals surface area contributed by atoms with Gasteiger partial charge >= 0.3 is 0 Å². The van der Waals surface area contributed by atoms with Gasteiger partial charge in [-0.15, -0.1) is 0 Å². The number of hydrogen-bond acceptors (Lipinski definition) is 7. The molecule has 1 saturated heterocycles. The van der Waals surface area contributed by atoms with Crippen LogP contribution in [0.2, 0.25) is 5.02 Å². The normalized spacial score (nSPS) is 14.2. The fourth-order valence-corrected chi connectivity index (χ4v) is 5.97. The lowest BCUT2D eigenvalue weighted by atomic mass is 10.1. The molecule has 1 N–H and O–H groups in total. The lowest BCUT2D eigenvalue weighted by Gasteiger charge is -2.34. The number of oxazole rings is 1. The summed E-state index contributed by atoms with van der Waals surface area (Å²) in [7, 11) is -4.01. The summed E-state index contributed by atoms with van der Waals surface area (Å²) in [5.74, 6) is -0.261. The average molecular weight is 548 g/mol. The maximum atomic E-state index is 13.5. The van der Waals surface area contributed by atoms with Crippen molar-refractivity contribution in [3.8, 4) is 0 Å². The van der Waals surface area contributed by atoms with Crippen molar-refractivity contribution in [3.63, 3.8) is 0 Å². The molecule has 1 amide bonds. The van der Waals surface area contributed by atoms with E-state index in [4.69, 9.17) is 16.0 Å². The van der Waals surface area contributed by atoms with Gasteiger partial charge in [0.15, 0.2) is 5.58 Å². The molecule has 3 heterocycles. The van der Waals surface area contributed by atoms with E-state index < -0.39 is 10.0 Å². The third-order valence-electron chi connectivity index (χ3n) is 6.46. The topological polar surface area (TPSA) is 109 Å². The minimum Gasteiger partial charge on any atom is -0.423 e. The van der Waals surface area contributed by atoms with Gasteiger partial charge < -0.3 is 14.2 Å². The summed E-state index contributed by atoms with van der Waals surface area (Å²) in [5, 5.41) is 1.28. The number of nitrogens with zero attached hydrogens (tertiary/aromatic N) is 4. The molecule has 0 saturated carbocycles. The Bertz CT molecular complexity index is 1780. The zero-order valence-electron chi connectivity index (χ0n) is 20.0. The van der Waals surface area contributed by atoms with Gasteiger partial charge in [-0.1, -0.05) is 41.9 Å². The molecular formula is C27H22ClN5O4S. The molecule has 9 nitrogen and oxygen atoms in total. The van der Waals surface area contributed by atoms with Crippen LogP contribution in [0.5, 0.6) is 0 Å². The van der Waals surface area contributed by atoms with Gasteiger partial charge in [0.2, 0.25) is 0 Å². The lowest BCUT2D eigenvalue weighted by molar-refractivity contribution is 0.0746. The van der Waals surface area contributed by atoms with Crippen LogP contribution in [-0.2, 0) is 10.0 Å². The van der Waals surface area contributed by atoms with Gasteiger partial charge in [-0.2, -0.15) is 4.98 Å². The molecule has 0 radical (unpaired) electrons. The molecule has 11 heteroatoms. The molecule has 5 aromatic rings. The zero-order valence-corrected chi connectivity index (χ0v) is 21.6. The van der Waals surface area contributed by atoms with Gasteiger partial charge in [-0.05, 0) is 36.4 Å². The van der Waals surface area contributed by atoms with E-state index in [1.807, 2.05) is 4.90 Å². The number of rotatable bonds is 5. The monoisotopic (exact) mass is 547 g/mol. The van der Waals surface area contributed by atoms with Crippen molar-refractivity contribution in [2.24, 2.45) is 0 Å². The molecule has 0 bridgehead atoms. The number of amides is 1. The second-order valence-electron chi connectivity index (χ2n) is 8.87. The van der Waals surface area contributed by atoms with Gasteiger partial charge in [-0.25, -0.2) is 8.42 Å². The summed E-state index contributed by atoms with van der Waals surface area (Å²) in [5.41, 5.74) is 2.17. The van der Waals surface area contributed by atoms with Crippen molar-refractivity contribution >= 4 is 61.2 Å². The number of carbonyl (C=O) groups excluding carboxylic acids is 1. The van der Waals surface area contributed by atoms with Crippen LogP contribution in [-0.4, -0.2) is 55.4 Å². The summed E-state index contributed by atoms with van der Waals surface area (Å²) < 4.78 is 35.2. The van der Waals surface area contributed by atoms with Gasteiger partial charge in [0, 0.05) is 48.9 Å². The maximum Gasteiger partial charge on any atom is 0.298 e. The van der Waals surface area contributed by atoms with Crippen LogP contribution < -0.4 is 9.62 Å². The molecule has 1 aliphatic rings. The molecule has 192 valence electrons. The predicted octanol–water partition coefficient (Wildman–Crippen LogP) is 4.79. The quantitative estimate of drug-likeness (QED) is 0.337. The number of nitrogens with one attached hydrogen (secondary N) is 1. The summed E-state index contributed by atoms with van der Waals surface area (Å²) in [4.78, 5) is 26.0. The number of hydrogen-bond donors (Lipinski definition) is 1. The number of benzene rings is 3. The second kappa shape index (κ2) is 9.62. The number of pyridine rings is 1. The number of halogens is 1. The molecule has 38 heavy (non-hydrogen) atoms. The predicted molar refractivity (Wildman–Crippen MR) is 146 cm³/mol. The molecule has 1 fully saturated rings. The molecule has 0 atom stereocenters. The van der Waals surface area contributed by atoms with E-state index in [1.165, 1.54) is 6.07 Å². The van der Waals surface area contributed by atoms with E-state index in [2.05, 4.69) is 14.7 Å². The first-order valence-corrected chi connectivity index (χ1v) is 13.8. The first-order chi connectivity index (χ1) is 18.4. The molecule has 6 rings (SSSR count). The maximum absolute atomic E-state index is 13.5. The molecule has 2 aromatic heterocycles. The first-order valence-electron chi connectivity index (χ1n) is 11.9. The first kappa shape index (κ1) is 24.2. The molecule has 1 aliphatic heterocycles. The Morgan fingerprint density at radius 3 is 2.58 bits per heavy atom. The van der Waals surface area contributed by atoms with Crippen LogP contribution in [0, 0.1) is 0 Å². The number of aromatic nitrogens is 2. The van der Waals surface area contributed by atoms with Crippen LogP contribution in [0.4, 0.5) is 11.7 Å². The highest BCUT2D eigenvalue weighted by molar-refractivity contribution is 7.93. The van der Waals surface area contributed by atoms with Crippen LogP contribution in [0.3, 0.4) is 0 Å². The summed E-state index contributed by atoms with van der Waals surface area (Å²) in [6.07, 6.45) is 1.55. The van der Waals surface area contributed by atoms with Gasteiger partial charge in [-0.3, -0.25) is 14.5 Å². The number of carbonyl (C=O) groups is 1. The van der Waals surface area contributed by atoms with E-state index in [0.717, 1.165) is 0 Å². The molecule has 0 unspecified atom stereocenters. The van der Waals surface area contributed by atoms with Crippen LogP contribution in [0.15, 0.2) is 88.3 Å². The van der Waals surface area contributed by atoms with E-state index in [9.17, 15) is 13.2 Å². The SMILES string of the molecule is O=C(c1ccccc1NS(=O)(=O)c1cccc2cccnc12)N1CCN(c2nc3ccc(Cl)cc3o2)CC1. The molecule has 0 spiro atoms. The van der Waals surface area contributed by atoms with Gasteiger partial charge in [0.25, 0.3) is 21.9 Å². The Morgan fingerprint density at radius 1 is 0.947 bits per heavy atom. The summed E-state index contributed by atoms with van der Waals surface area (Å²) in [6, 6.07) is 20.9. The smallest absolute Gasteiger partial charge is 0.298 e.